The van der Waals surface area contributed by atoms with Crippen LogP contribution in [-0.2, 0) is 6.54 Å². The lowest BCUT2D eigenvalue weighted by atomic mass is 10.1. The number of aryl methyl sites for hydroxylation is 1. The molecule has 0 aliphatic heterocycles. The lowest BCUT2D eigenvalue weighted by molar-refractivity contribution is -0.386. The molecule has 23 heavy (non-hydrogen) atoms. The third-order valence-corrected chi connectivity index (χ3v) is 3.99. The van der Waals surface area contributed by atoms with E-state index in [2.05, 4.69) is 10.4 Å². The van der Waals surface area contributed by atoms with E-state index in [4.69, 9.17) is 0 Å². The monoisotopic (exact) mass is 314 g/mol. The van der Waals surface area contributed by atoms with E-state index >= 15 is 0 Å². The second-order valence-electron chi connectivity index (χ2n) is 5.88. The van der Waals surface area contributed by atoms with Gasteiger partial charge < -0.3 is 5.32 Å². The molecule has 1 fully saturated rings. The van der Waals surface area contributed by atoms with Crippen LogP contribution in [0.2, 0.25) is 0 Å². The summed E-state index contributed by atoms with van der Waals surface area (Å²) in [4.78, 5) is 22.6. The van der Waals surface area contributed by atoms with Crippen molar-refractivity contribution in [3.8, 4) is 0 Å². The lowest BCUT2D eigenvalue weighted by Crippen LogP contribution is -2.25. The number of benzene rings is 1. The van der Waals surface area contributed by atoms with E-state index < -0.39 is 4.92 Å². The first-order chi connectivity index (χ1) is 11.0. The molecule has 7 heteroatoms. The summed E-state index contributed by atoms with van der Waals surface area (Å²) in [5, 5.41) is 18.2. The Bertz CT molecular complexity index is 760. The summed E-state index contributed by atoms with van der Waals surface area (Å²) in [5.41, 5.74) is 2.56. The maximum atomic E-state index is 11.9. The number of rotatable bonds is 5. The smallest absolute Gasteiger partial charge is 0.312 e. The van der Waals surface area contributed by atoms with Gasteiger partial charge in [0.05, 0.1) is 11.5 Å². The molecule has 7 nitrogen and oxygen atoms in total. The zero-order chi connectivity index (χ0) is 16.6. The maximum Gasteiger partial charge on any atom is 0.312 e. The fraction of sp³-hybridized carbons (Fsp3) is 0.375. The van der Waals surface area contributed by atoms with Crippen molar-refractivity contribution < 1.29 is 9.72 Å². The van der Waals surface area contributed by atoms with Crippen molar-refractivity contribution in [3.05, 3.63) is 56.9 Å². The molecule has 0 spiro atoms. The predicted octanol–water partition coefficient (Wildman–Crippen LogP) is 2.35. The van der Waals surface area contributed by atoms with Gasteiger partial charge in [-0.25, -0.2) is 0 Å². The molecule has 1 saturated carbocycles. The largest absolute Gasteiger partial charge is 0.349 e. The average molecular weight is 314 g/mol. The molecule has 0 bridgehead atoms. The second kappa shape index (κ2) is 5.83. The summed E-state index contributed by atoms with van der Waals surface area (Å²) < 4.78 is 1.62. The Labute approximate surface area is 133 Å². The first kappa shape index (κ1) is 15.2. The van der Waals surface area contributed by atoms with Crippen molar-refractivity contribution in [1.29, 1.82) is 0 Å². The molecule has 120 valence electrons. The summed E-state index contributed by atoms with van der Waals surface area (Å²) in [6, 6.07) is 7.58. The van der Waals surface area contributed by atoms with Gasteiger partial charge in [-0.1, -0.05) is 12.1 Å². The van der Waals surface area contributed by atoms with Crippen molar-refractivity contribution in [2.45, 2.75) is 39.3 Å². The van der Waals surface area contributed by atoms with Gasteiger partial charge in [-0.15, -0.1) is 0 Å². The minimum Gasteiger partial charge on any atom is -0.349 e. The van der Waals surface area contributed by atoms with Gasteiger partial charge in [-0.05, 0) is 44.4 Å². The van der Waals surface area contributed by atoms with Gasteiger partial charge >= 0.3 is 5.69 Å². The lowest BCUT2D eigenvalue weighted by Gasteiger charge is -2.06. The number of hydrogen-bond acceptors (Lipinski definition) is 4. The molecule has 1 amide bonds. The zero-order valence-electron chi connectivity index (χ0n) is 13.1. The van der Waals surface area contributed by atoms with Crippen molar-refractivity contribution in [3.63, 3.8) is 0 Å². The topological polar surface area (TPSA) is 90.1 Å². The molecule has 1 N–H and O–H groups in total. The maximum absolute atomic E-state index is 11.9. The van der Waals surface area contributed by atoms with Crippen molar-refractivity contribution >= 4 is 11.6 Å². The molecule has 1 aliphatic carbocycles. The van der Waals surface area contributed by atoms with Gasteiger partial charge in [-0.2, -0.15) is 5.10 Å². The van der Waals surface area contributed by atoms with Crippen molar-refractivity contribution in [1.82, 2.24) is 15.1 Å². The number of amides is 1. The number of nitro groups is 1. The molecule has 1 aliphatic rings. The van der Waals surface area contributed by atoms with Crippen molar-refractivity contribution in [2.24, 2.45) is 0 Å². The highest BCUT2D eigenvalue weighted by atomic mass is 16.6. The second-order valence-corrected chi connectivity index (χ2v) is 5.88. The molecule has 0 radical (unpaired) electrons. The Hall–Kier alpha value is -2.70. The fourth-order valence-electron chi connectivity index (χ4n) is 2.54. The van der Waals surface area contributed by atoms with Crippen LogP contribution in [0, 0.1) is 24.0 Å². The van der Waals surface area contributed by atoms with Crippen LogP contribution in [0.25, 0.3) is 0 Å². The van der Waals surface area contributed by atoms with Crippen molar-refractivity contribution in [2.75, 3.05) is 0 Å². The SMILES string of the molecule is Cc1nn(Cc2ccc(C(=O)NC3CC3)cc2)c(C)c1[N+](=O)[O-]. The van der Waals surface area contributed by atoms with E-state index in [-0.39, 0.29) is 11.6 Å². The first-order valence-electron chi connectivity index (χ1n) is 7.54. The number of carbonyl (C=O) groups is 1. The summed E-state index contributed by atoms with van der Waals surface area (Å²) in [6.07, 6.45) is 2.11. The highest BCUT2D eigenvalue weighted by Crippen LogP contribution is 2.23. The van der Waals surface area contributed by atoms with Gasteiger partial charge in [0.1, 0.15) is 11.4 Å². The molecule has 0 atom stereocenters. The van der Waals surface area contributed by atoms with E-state index in [1.807, 2.05) is 12.1 Å². The van der Waals surface area contributed by atoms with Gasteiger partial charge in [0.2, 0.25) is 0 Å². The molecular formula is C16H18N4O3. The first-order valence-corrected chi connectivity index (χ1v) is 7.54. The number of hydrogen-bond donors (Lipinski definition) is 1. The number of carbonyl (C=O) groups excluding carboxylic acids is 1. The Morgan fingerprint density at radius 1 is 1.35 bits per heavy atom. The summed E-state index contributed by atoms with van der Waals surface area (Å²) >= 11 is 0. The molecule has 1 aromatic heterocycles. The molecule has 0 unspecified atom stereocenters. The van der Waals surface area contributed by atoms with Crippen LogP contribution in [0.3, 0.4) is 0 Å². The Kier molecular flexibility index (Phi) is 3.85. The van der Waals surface area contributed by atoms with Crippen LogP contribution in [0.15, 0.2) is 24.3 Å². The van der Waals surface area contributed by atoms with E-state index in [0.717, 1.165) is 18.4 Å². The Morgan fingerprint density at radius 2 is 2.00 bits per heavy atom. The third-order valence-electron chi connectivity index (χ3n) is 3.99. The van der Waals surface area contributed by atoms with Gasteiger partial charge in [0, 0.05) is 11.6 Å². The average Bonchev–Trinajstić information content (AvgIpc) is 3.25. The number of nitrogens with zero attached hydrogens (tertiary/aromatic N) is 3. The fourth-order valence-corrected chi connectivity index (χ4v) is 2.54. The molecule has 1 aromatic carbocycles. The quantitative estimate of drug-likeness (QED) is 0.677. The van der Waals surface area contributed by atoms with E-state index in [1.54, 1.807) is 30.7 Å². The van der Waals surface area contributed by atoms with Crippen LogP contribution >= 0.6 is 0 Å². The molecular weight excluding hydrogens is 296 g/mol. The Balaban J connectivity index is 1.74. The van der Waals surface area contributed by atoms with Crippen LogP contribution < -0.4 is 5.32 Å². The Morgan fingerprint density at radius 3 is 2.52 bits per heavy atom. The van der Waals surface area contributed by atoms with Gasteiger partial charge in [0.25, 0.3) is 5.91 Å². The van der Waals surface area contributed by atoms with Crippen LogP contribution in [0.4, 0.5) is 5.69 Å². The minimum absolute atomic E-state index is 0.0548. The standard InChI is InChI=1S/C16H18N4O3/c1-10-15(20(22)23)11(2)19(18-10)9-12-3-5-13(6-4-12)16(21)17-14-7-8-14/h3-6,14H,7-9H2,1-2H3,(H,17,21). The summed E-state index contributed by atoms with van der Waals surface area (Å²) in [7, 11) is 0. The summed E-state index contributed by atoms with van der Waals surface area (Å²) in [5.74, 6) is -0.0548. The van der Waals surface area contributed by atoms with Gasteiger partial charge in [-0.3, -0.25) is 19.6 Å². The van der Waals surface area contributed by atoms with E-state index in [0.29, 0.717) is 29.5 Å². The highest BCUT2D eigenvalue weighted by molar-refractivity contribution is 5.94. The zero-order valence-corrected chi connectivity index (χ0v) is 13.1. The molecule has 1 heterocycles. The summed E-state index contributed by atoms with van der Waals surface area (Å²) in [6.45, 7) is 3.76. The highest BCUT2D eigenvalue weighted by Gasteiger charge is 2.24. The van der Waals surface area contributed by atoms with Crippen LogP contribution in [0.1, 0.15) is 40.2 Å². The predicted molar refractivity (Wildman–Crippen MR) is 84.4 cm³/mol. The van der Waals surface area contributed by atoms with Crippen LogP contribution in [-0.4, -0.2) is 26.7 Å². The van der Waals surface area contributed by atoms with E-state index in [9.17, 15) is 14.9 Å². The van der Waals surface area contributed by atoms with Crippen LogP contribution in [0.5, 0.6) is 0 Å². The molecule has 3 rings (SSSR count). The van der Waals surface area contributed by atoms with Gasteiger partial charge in [0.15, 0.2) is 0 Å². The number of nitrogens with one attached hydrogen (secondary N) is 1. The normalized spacial score (nSPS) is 13.8. The van der Waals surface area contributed by atoms with E-state index in [1.165, 1.54) is 0 Å². The number of aromatic nitrogens is 2. The minimum atomic E-state index is -0.403. The molecule has 0 saturated heterocycles. The third kappa shape index (κ3) is 3.23. The molecule has 2 aromatic rings.